The second-order valence-electron chi connectivity index (χ2n) is 4.12. The Kier molecular flexibility index (Phi) is 4.94. The molecule has 20 heavy (non-hydrogen) atoms. The number of rotatable bonds is 3. The van der Waals surface area contributed by atoms with E-state index >= 15 is 0 Å². The number of hydrogen-bond donors (Lipinski definition) is 1. The first-order valence-electron chi connectivity index (χ1n) is 5.54. The maximum Gasteiger partial charge on any atom is 0.262 e. The molecule has 0 spiro atoms. The summed E-state index contributed by atoms with van der Waals surface area (Å²) >= 11 is 10.1. The maximum atomic E-state index is 12.4. The van der Waals surface area contributed by atoms with Gasteiger partial charge in [0.25, 0.3) is 10.0 Å². The monoisotopic (exact) mass is 481 g/mol. The lowest BCUT2D eigenvalue weighted by Crippen LogP contribution is -2.15. The molecule has 1 N–H and O–H groups in total. The minimum Gasteiger partial charge on any atom is -0.277 e. The SMILES string of the molecule is Cc1ccccc1S(=O)(=O)Nc1c(Br)cc(Br)cc1Br. The number of halogens is 3. The largest absolute Gasteiger partial charge is 0.277 e. The van der Waals surface area contributed by atoms with Gasteiger partial charge in [-0.1, -0.05) is 34.1 Å². The predicted octanol–water partition coefficient (Wildman–Crippen LogP) is 5.08. The quantitative estimate of drug-likeness (QED) is 0.661. The van der Waals surface area contributed by atoms with E-state index in [9.17, 15) is 8.42 Å². The summed E-state index contributed by atoms with van der Waals surface area (Å²) in [7, 11) is -3.63. The molecule has 0 aliphatic carbocycles. The van der Waals surface area contributed by atoms with Gasteiger partial charge in [0.1, 0.15) is 0 Å². The van der Waals surface area contributed by atoms with Gasteiger partial charge in [0, 0.05) is 13.4 Å². The number of anilines is 1. The Balaban J connectivity index is 2.47. The number of benzene rings is 2. The van der Waals surface area contributed by atoms with Crippen molar-refractivity contribution in [1.29, 1.82) is 0 Å². The lowest BCUT2D eigenvalue weighted by Gasteiger charge is -2.13. The van der Waals surface area contributed by atoms with Gasteiger partial charge in [-0.15, -0.1) is 0 Å². The second kappa shape index (κ2) is 6.17. The maximum absolute atomic E-state index is 12.4. The number of nitrogens with one attached hydrogen (secondary N) is 1. The van der Waals surface area contributed by atoms with Crippen molar-refractivity contribution in [3.05, 3.63) is 55.4 Å². The van der Waals surface area contributed by atoms with Crippen LogP contribution in [0.2, 0.25) is 0 Å². The Morgan fingerprint density at radius 2 is 1.55 bits per heavy atom. The summed E-state index contributed by atoms with van der Waals surface area (Å²) in [6.45, 7) is 1.76. The molecular weight excluding hydrogens is 474 g/mol. The van der Waals surface area contributed by atoms with Gasteiger partial charge in [0.15, 0.2) is 0 Å². The van der Waals surface area contributed by atoms with Crippen molar-refractivity contribution in [2.24, 2.45) is 0 Å². The average molecular weight is 484 g/mol. The second-order valence-corrected chi connectivity index (χ2v) is 8.39. The zero-order valence-corrected chi connectivity index (χ0v) is 15.9. The van der Waals surface area contributed by atoms with Gasteiger partial charge in [-0.25, -0.2) is 8.42 Å². The van der Waals surface area contributed by atoms with E-state index in [0.717, 1.165) is 4.47 Å². The van der Waals surface area contributed by atoms with Crippen molar-refractivity contribution in [2.75, 3.05) is 4.72 Å². The van der Waals surface area contributed by atoms with Crippen LogP contribution in [0, 0.1) is 6.92 Å². The van der Waals surface area contributed by atoms with E-state index in [1.165, 1.54) is 0 Å². The molecule has 0 heterocycles. The zero-order valence-electron chi connectivity index (χ0n) is 10.3. The summed E-state index contributed by atoms with van der Waals surface area (Å²) in [6, 6.07) is 10.4. The molecule has 7 heteroatoms. The van der Waals surface area contributed by atoms with Crippen molar-refractivity contribution in [1.82, 2.24) is 0 Å². The van der Waals surface area contributed by atoms with Crippen LogP contribution < -0.4 is 4.72 Å². The van der Waals surface area contributed by atoms with E-state index in [4.69, 9.17) is 0 Å². The third-order valence-corrected chi connectivity index (χ3v) is 5.85. The molecule has 0 saturated heterocycles. The molecule has 0 aromatic heterocycles. The number of hydrogen-bond acceptors (Lipinski definition) is 2. The van der Waals surface area contributed by atoms with Gasteiger partial charge in [-0.2, -0.15) is 0 Å². The summed E-state index contributed by atoms with van der Waals surface area (Å²) in [5.74, 6) is 0. The van der Waals surface area contributed by atoms with Crippen LogP contribution in [0.3, 0.4) is 0 Å². The molecule has 0 unspecified atom stereocenters. The van der Waals surface area contributed by atoms with E-state index in [0.29, 0.717) is 20.2 Å². The van der Waals surface area contributed by atoms with Gasteiger partial charge in [0.05, 0.1) is 10.6 Å². The molecule has 0 fully saturated rings. The first kappa shape index (κ1) is 16.0. The first-order chi connectivity index (χ1) is 9.31. The molecule has 106 valence electrons. The lowest BCUT2D eigenvalue weighted by molar-refractivity contribution is 0.600. The number of aryl methyl sites for hydroxylation is 1. The summed E-state index contributed by atoms with van der Waals surface area (Å²) in [6.07, 6.45) is 0. The van der Waals surface area contributed by atoms with Gasteiger partial charge in [-0.05, 0) is 62.5 Å². The van der Waals surface area contributed by atoms with Crippen LogP contribution in [0.1, 0.15) is 5.56 Å². The van der Waals surface area contributed by atoms with Gasteiger partial charge in [0.2, 0.25) is 0 Å². The van der Waals surface area contributed by atoms with E-state index < -0.39 is 10.0 Å². The van der Waals surface area contributed by atoms with Crippen LogP contribution >= 0.6 is 47.8 Å². The number of sulfonamides is 1. The Bertz CT molecular complexity index is 737. The molecule has 0 amide bonds. The predicted molar refractivity (Wildman–Crippen MR) is 91.5 cm³/mol. The summed E-state index contributed by atoms with van der Waals surface area (Å²) in [5, 5.41) is 0. The zero-order chi connectivity index (χ0) is 14.9. The molecule has 0 bridgehead atoms. The molecule has 0 aliphatic rings. The van der Waals surface area contributed by atoms with Crippen molar-refractivity contribution in [2.45, 2.75) is 11.8 Å². The van der Waals surface area contributed by atoms with E-state index in [1.807, 2.05) is 0 Å². The molecule has 3 nitrogen and oxygen atoms in total. The van der Waals surface area contributed by atoms with Crippen LogP contribution in [0.5, 0.6) is 0 Å². The van der Waals surface area contributed by atoms with Crippen LogP contribution in [-0.4, -0.2) is 8.42 Å². The molecular formula is C13H10Br3NO2S. The third kappa shape index (κ3) is 3.44. The minimum atomic E-state index is -3.63. The van der Waals surface area contributed by atoms with Crippen molar-refractivity contribution < 1.29 is 8.42 Å². The Labute approximate surface area is 143 Å². The molecule has 2 rings (SSSR count). The first-order valence-corrected chi connectivity index (χ1v) is 9.40. The summed E-state index contributed by atoms with van der Waals surface area (Å²) in [5.41, 5.74) is 1.17. The van der Waals surface area contributed by atoms with Crippen molar-refractivity contribution in [3.63, 3.8) is 0 Å². The molecule has 0 aliphatic heterocycles. The fraction of sp³-hybridized carbons (Fsp3) is 0.0769. The fourth-order valence-corrected chi connectivity index (χ4v) is 5.75. The van der Waals surface area contributed by atoms with Crippen molar-refractivity contribution in [3.8, 4) is 0 Å². The summed E-state index contributed by atoms with van der Waals surface area (Å²) < 4.78 is 29.6. The Morgan fingerprint density at radius 3 is 2.10 bits per heavy atom. The average Bonchev–Trinajstić information content (AvgIpc) is 2.34. The van der Waals surface area contributed by atoms with E-state index in [2.05, 4.69) is 52.5 Å². The highest BCUT2D eigenvalue weighted by Crippen LogP contribution is 2.35. The van der Waals surface area contributed by atoms with E-state index in [1.54, 1.807) is 43.3 Å². The standard InChI is InChI=1S/C13H10Br3NO2S/c1-8-4-2-3-5-12(8)20(18,19)17-13-10(15)6-9(14)7-11(13)16/h2-7,17H,1H3. The highest BCUT2D eigenvalue weighted by atomic mass is 79.9. The third-order valence-electron chi connectivity index (χ3n) is 2.63. The highest BCUT2D eigenvalue weighted by molar-refractivity contribution is 9.11. The minimum absolute atomic E-state index is 0.265. The van der Waals surface area contributed by atoms with Gasteiger partial charge >= 0.3 is 0 Å². The topological polar surface area (TPSA) is 46.2 Å². The molecule has 0 radical (unpaired) electrons. The van der Waals surface area contributed by atoms with Crippen molar-refractivity contribution >= 4 is 63.5 Å². The summed E-state index contributed by atoms with van der Waals surface area (Å²) in [4.78, 5) is 0.265. The highest BCUT2D eigenvalue weighted by Gasteiger charge is 2.19. The van der Waals surface area contributed by atoms with Gasteiger partial charge < -0.3 is 0 Å². The van der Waals surface area contributed by atoms with E-state index in [-0.39, 0.29) is 4.90 Å². The molecule has 0 atom stereocenters. The molecule has 0 saturated carbocycles. The smallest absolute Gasteiger partial charge is 0.262 e. The Morgan fingerprint density at radius 1 is 1.00 bits per heavy atom. The van der Waals surface area contributed by atoms with Crippen LogP contribution in [0.4, 0.5) is 5.69 Å². The molecule has 2 aromatic carbocycles. The fourth-order valence-electron chi connectivity index (χ4n) is 1.69. The lowest BCUT2D eigenvalue weighted by atomic mass is 10.2. The van der Waals surface area contributed by atoms with Gasteiger partial charge in [-0.3, -0.25) is 4.72 Å². The van der Waals surface area contributed by atoms with Crippen LogP contribution in [-0.2, 0) is 10.0 Å². The van der Waals surface area contributed by atoms with Crippen LogP contribution in [0.15, 0.2) is 54.7 Å². The normalized spacial score (nSPS) is 11.4. The molecule has 2 aromatic rings. The van der Waals surface area contributed by atoms with Crippen LogP contribution in [0.25, 0.3) is 0 Å². The Hall–Kier alpha value is -0.370.